The molecular formula is C46H27N3. The molecule has 49 heavy (non-hydrogen) atoms. The van der Waals surface area contributed by atoms with Crippen molar-refractivity contribution < 1.29 is 0 Å². The summed E-state index contributed by atoms with van der Waals surface area (Å²) >= 11 is 0. The molecular weight excluding hydrogens is 595 g/mol. The second-order valence-corrected chi connectivity index (χ2v) is 13.3. The van der Waals surface area contributed by atoms with Gasteiger partial charge in [0.2, 0.25) is 0 Å². The van der Waals surface area contributed by atoms with E-state index in [-0.39, 0.29) is 0 Å². The standard InChI is InChI=1S/C46H27N3/c1-2-16-34-33(15-1)42-36-17-6-10-23-41(36)48(45(42)46-43(34)37-19-11-18-35-32-14-5-9-22-40(32)49(46)44(35)37)29-26-24-28(25-27-29)47-38-20-7-3-12-30(38)31-13-4-8-21-39(31)47/h1-27H. The van der Waals surface area contributed by atoms with Crippen LogP contribution in [0.4, 0.5) is 0 Å². The molecule has 3 heteroatoms. The molecule has 0 saturated heterocycles. The summed E-state index contributed by atoms with van der Waals surface area (Å²) in [7, 11) is 0. The Balaban J connectivity index is 1.25. The lowest BCUT2D eigenvalue weighted by atomic mass is 9.98. The van der Waals surface area contributed by atoms with Crippen LogP contribution in [0, 0.1) is 0 Å². The van der Waals surface area contributed by atoms with Crippen LogP contribution in [-0.4, -0.2) is 13.5 Å². The first-order valence-electron chi connectivity index (χ1n) is 17.0. The number of benzene rings is 8. The zero-order valence-electron chi connectivity index (χ0n) is 26.4. The van der Waals surface area contributed by atoms with Crippen LogP contribution in [0.5, 0.6) is 0 Å². The van der Waals surface area contributed by atoms with Gasteiger partial charge in [0.05, 0.1) is 38.6 Å². The summed E-state index contributed by atoms with van der Waals surface area (Å²) in [4.78, 5) is 0. The molecule has 4 heterocycles. The van der Waals surface area contributed by atoms with Gasteiger partial charge in [0.25, 0.3) is 0 Å². The molecule has 0 aliphatic carbocycles. The van der Waals surface area contributed by atoms with E-state index in [1.165, 1.54) is 92.5 Å². The lowest BCUT2D eigenvalue weighted by Crippen LogP contribution is -1.98. The number of nitrogens with zero attached hydrogens (tertiary/aromatic N) is 3. The van der Waals surface area contributed by atoms with Crippen LogP contribution in [-0.2, 0) is 0 Å². The molecule has 0 aliphatic heterocycles. The van der Waals surface area contributed by atoms with Gasteiger partial charge in [-0.1, -0.05) is 115 Å². The Morgan fingerprint density at radius 2 is 0.653 bits per heavy atom. The molecule has 226 valence electrons. The molecule has 0 saturated carbocycles. The highest BCUT2D eigenvalue weighted by molar-refractivity contribution is 6.38. The number of para-hydroxylation sites is 5. The maximum absolute atomic E-state index is 2.55. The fraction of sp³-hybridized carbons (Fsp3) is 0. The number of fused-ring (bicyclic) bond motifs is 16. The van der Waals surface area contributed by atoms with E-state index in [0.717, 1.165) is 11.4 Å². The van der Waals surface area contributed by atoms with Crippen molar-refractivity contribution in [2.24, 2.45) is 0 Å². The van der Waals surface area contributed by atoms with Crippen molar-refractivity contribution in [1.29, 1.82) is 0 Å². The van der Waals surface area contributed by atoms with E-state index in [0.29, 0.717) is 0 Å². The highest BCUT2D eigenvalue weighted by atomic mass is 15.0. The quantitative estimate of drug-likeness (QED) is 0.182. The van der Waals surface area contributed by atoms with Crippen molar-refractivity contribution in [1.82, 2.24) is 13.5 Å². The zero-order valence-corrected chi connectivity index (χ0v) is 26.4. The highest BCUT2D eigenvalue weighted by Gasteiger charge is 2.25. The minimum atomic E-state index is 1.15. The number of rotatable bonds is 2. The van der Waals surface area contributed by atoms with Gasteiger partial charge in [-0.2, -0.15) is 0 Å². The number of hydrogen-bond donors (Lipinski definition) is 0. The van der Waals surface area contributed by atoms with Crippen molar-refractivity contribution >= 4 is 92.5 Å². The van der Waals surface area contributed by atoms with E-state index in [9.17, 15) is 0 Å². The third-order valence-electron chi connectivity index (χ3n) is 10.9. The van der Waals surface area contributed by atoms with Gasteiger partial charge in [0, 0.05) is 54.5 Å². The Bertz CT molecular complexity index is 3260. The van der Waals surface area contributed by atoms with Gasteiger partial charge < -0.3 is 13.5 Å². The molecule has 0 amide bonds. The molecule has 4 aromatic heterocycles. The first kappa shape index (κ1) is 25.5. The van der Waals surface area contributed by atoms with Gasteiger partial charge in [-0.25, -0.2) is 0 Å². The largest absolute Gasteiger partial charge is 0.309 e. The third kappa shape index (κ3) is 3.09. The Morgan fingerprint density at radius 3 is 1.27 bits per heavy atom. The molecule has 0 aliphatic rings. The molecule has 0 atom stereocenters. The zero-order chi connectivity index (χ0) is 31.8. The highest BCUT2D eigenvalue weighted by Crippen LogP contribution is 2.48. The smallest absolute Gasteiger partial charge is 0.0795 e. The van der Waals surface area contributed by atoms with Crippen molar-refractivity contribution in [3.05, 3.63) is 164 Å². The Morgan fingerprint density at radius 1 is 0.245 bits per heavy atom. The van der Waals surface area contributed by atoms with Crippen molar-refractivity contribution in [2.45, 2.75) is 0 Å². The van der Waals surface area contributed by atoms with E-state index >= 15 is 0 Å². The van der Waals surface area contributed by atoms with E-state index < -0.39 is 0 Å². The Labute approximate surface area is 280 Å². The lowest BCUT2D eigenvalue weighted by molar-refractivity contribution is 1.14. The summed E-state index contributed by atoms with van der Waals surface area (Å²) in [6, 6.07) is 60.2. The van der Waals surface area contributed by atoms with Crippen LogP contribution in [0.3, 0.4) is 0 Å². The Hall–Kier alpha value is -6.58. The predicted octanol–water partition coefficient (Wildman–Crippen LogP) is 12.2. The molecule has 0 fully saturated rings. The van der Waals surface area contributed by atoms with Crippen LogP contribution < -0.4 is 0 Å². The van der Waals surface area contributed by atoms with E-state index in [2.05, 4.69) is 177 Å². The fourth-order valence-corrected chi connectivity index (χ4v) is 9.06. The molecule has 12 rings (SSSR count). The summed E-state index contributed by atoms with van der Waals surface area (Å²) in [5, 5.41) is 12.9. The van der Waals surface area contributed by atoms with E-state index in [4.69, 9.17) is 0 Å². The second-order valence-electron chi connectivity index (χ2n) is 13.3. The van der Waals surface area contributed by atoms with Crippen molar-refractivity contribution in [3.8, 4) is 11.4 Å². The van der Waals surface area contributed by atoms with Gasteiger partial charge in [0.15, 0.2) is 0 Å². The van der Waals surface area contributed by atoms with Crippen molar-refractivity contribution in [3.63, 3.8) is 0 Å². The fourth-order valence-electron chi connectivity index (χ4n) is 9.06. The summed E-state index contributed by atoms with van der Waals surface area (Å²) in [5.74, 6) is 0. The Kier molecular flexibility index (Phi) is 4.72. The maximum Gasteiger partial charge on any atom is 0.0795 e. The average Bonchev–Trinajstić information content (AvgIpc) is 3.90. The van der Waals surface area contributed by atoms with Gasteiger partial charge in [0.1, 0.15) is 0 Å². The summed E-state index contributed by atoms with van der Waals surface area (Å²) in [5.41, 5.74) is 11.0. The molecule has 12 aromatic rings. The summed E-state index contributed by atoms with van der Waals surface area (Å²) in [6.07, 6.45) is 0. The van der Waals surface area contributed by atoms with Crippen LogP contribution in [0.1, 0.15) is 0 Å². The summed E-state index contributed by atoms with van der Waals surface area (Å²) in [6.45, 7) is 0. The van der Waals surface area contributed by atoms with Crippen LogP contribution in [0.25, 0.3) is 104 Å². The molecule has 0 radical (unpaired) electrons. The second kappa shape index (κ2) is 9.06. The molecule has 8 aromatic carbocycles. The first-order chi connectivity index (χ1) is 24.4. The predicted molar refractivity (Wildman–Crippen MR) is 207 cm³/mol. The monoisotopic (exact) mass is 621 g/mol. The molecule has 0 unspecified atom stereocenters. The number of aromatic nitrogens is 3. The molecule has 0 spiro atoms. The molecule has 0 N–H and O–H groups in total. The topological polar surface area (TPSA) is 14.3 Å². The van der Waals surface area contributed by atoms with Crippen LogP contribution in [0.2, 0.25) is 0 Å². The normalized spacial score (nSPS) is 12.5. The minimum absolute atomic E-state index is 1.15. The summed E-state index contributed by atoms with van der Waals surface area (Å²) < 4.78 is 7.45. The lowest BCUT2D eigenvalue weighted by Gasteiger charge is -2.13. The minimum Gasteiger partial charge on any atom is -0.309 e. The van der Waals surface area contributed by atoms with Crippen molar-refractivity contribution in [2.75, 3.05) is 0 Å². The molecule has 0 bridgehead atoms. The average molecular weight is 622 g/mol. The van der Waals surface area contributed by atoms with Gasteiger partial charge in [-0.05, 0) is 59.3 Å². The third-order valence-corrected chi connectivity index (χ3v) is 10.9. The van der Waals surface area contributed by atoms with E-state index in [1.54, 1.807) is 0 Å². The van der Waals surface area contributed by atoms with Gasteiger partial charge in [-0.15, -0.1) is 0 Å². The van der Waals surface area contributed by atoms with E-state index in [1.807, 2.05) is 0 Å². The van der Waals surface area contributed by atoms with Crippen LogP contribution in [0.15, 0.2) is 164 Å². The van der Waals surface area contributed by atoms with Gasteiger partial charge in [-0.3, -0.25) is 0 Å². The SMILES string of the molecule is c1ccc2c(c1)c1c3ccccc3n(-c3ccc(-n4c5ccccc5c5ccccc54)cc3)c1c1c2c2cccc3c4ccccc4n1c32. The van der Waals surface area contributed by atoms with Crippen LogP contribution >= 0.6 is 0 Å². The first-order valence-corrected chi connectivity index (χ1v) is 17.0. The number of hydrogen-bond acceptors (Lipinski definition) is 0. The van der Waals surface area contributed by atoms with Gasteiger partial charge >= 0.3 is 0 Å². The maximum atomic E-state index is 2.55. The molecule has 3 nitrogen and oxygen atoms in total.